The summed E-state index contributed by atoms with van der Waals surface area (Å²) in [5.74, 6) is 0.891. The minimum Gasteiger partial charge on any atom is -0.497 e. The standard InChI is InChI=1S/C28H19BrClN5O/c1-36-22-11-7-18(8-12-22)27-25(16-35(34-27)21-4-2-3-20(30)13-21)23-14-26(33-28(32)24(23)15-31)17-5-9-19(29)10-6-17/h2-14,16H,1H3,(H2,32,33). The number of ether oxygens (including phenoxy) is 1. The van der Waals surface area contributed by atoms with E-state index in [4.69, 9.17) is 27.2 Å². The van der Waals surface area contributed by atoms with Gasteiger partial charge in [0.1, 0.15) is 28.9 Å². The fourth-order valence-corrected chi connectivity index (χ4v) is 4.40. The van der Waals surface area contributed by atoms with E-state index in [1.165, 1.54) is 0 Å². The van der Waals surface area contributed by atoms with Gasteiger partial charge in [0, 0.05) is 37.9 Å². The molecule has 0 aliphatic rings. The number of nitrogens with two attached hydrogens (primary N) is 1. The fourth-order valence-electron chi connectivity index (χ4n) is 3.95. The third kappa shape index (κ3) is 4.57. The predicted molar refractivity (Wildman–Crippen MR) is 146 cm³/mol. The summed E-state index contributed by atoms with van der Waals surface area (Å²) in [6.07, 6.45) is 1.88. The first-order valence-electron chi connectivity index (χ1n) is 10.9. The molecule has 5 rings (SSSR count). The minimum atomic E-state index is 0.157. The number of nitrogens with zero attached hydrogens (tertiary/aromatic N) is 4. The van der Waals surface area contributed by atoms with Crippen molar-refractivity contribution in [2.75, 3.05) is 12.8 Å². The molecule has 0 spiro atoms. The van der Waals surface area contributed by atoms with E-state index >= 15 is 0 Å². The van der Waals surface area contributed by atoms with Gasteiger partial charge in [-0.25, -0.2) is 9.67 Å². The molecule has 3 aromatic carbocycles. The predicted octanol–water partition coefficient (Wildman–Crippen LogP) is 7.15. The number of aromatic nitrogens is 3. The molecule has 0 radical (unpaired) electrons. The monoisotopic (exact) mass is 555 g/mol. The maximum absolute atomic E-state index is 10.0. The number of nitriles is 1. The van der Waals surface area contributed by atoms with E-state index in [1.54, 1.807) is 11.8 Å². The van der Waals surface area contributed by atoms with Crippen LogP contribution in [-0.2, 0) is 0 Å². The summed E-state index contributed by atoms with van der Waals surface area (Å²) in [5, 5.41) is 15.5. The van der Waals surface area contributed by atoms with E-state index in [9.17, 15) is 5.26 Å². The SMILES string of the molecule is COc1ccc(-c2nn(-c3cccc(Cl)c3)cc2-c2cc(-c3ccc(Br)cc3)nc(N)c2C#N)cc1. The number of hydrogen-bond donors (Lipinski definition) is 1. The van der Waals surface area contributed by atoms with Crippen LogP contribution in [0.25, 0.3) is 39.3 Å². The molecule has 0 unspecified atom stereocenters. The van der Waals surface area contributed by atoms with Gasteiger partial charge >= 0.3 is 0 Å². The number of rotatable bonds is 5. The van der Waals surface area contributed by atoms with Crippen molar-refractivity contribution in [3.63, 3.8) is 0 Å². The summed E-state index contributed by atoms with van der Waals surface area (Å²) in [6.45, 7) is 0. The number of anilines is 1. The number of pyridine rings is 1. The molecule has 0 saturated carbocycles. The fraction of sp³-hybridized carbons (Fsp3) is 0.0357. The van der Waals surface area contributed by atoms with Crippen molar-refractivity contribution in [1.29, 1.82) is 5.26 Å². The van der Waals surface area contributed by atoms with Crippen molar-refractivity contribution >= 4 is 33.3 Å². The van der Waals surface area contributed by atoms with Gasteiger partial charge in [-0.3, -0.25) is 0 Å². The van der Waals surface area contributed by atoms with Crippen molar-refractivity contribution in [1.82, 2.24) is 14.8 Å². The highest BCUT2D eigenvalue weighted by atomic mass is 79.9. The molecule has 2 aromatic heterocycles. The van der Waals surface area contributed by atoms with Crippen LogP contribution in [0.3, 0.4) is 0 Å². The van der Waals surface area contributed by atoms with Crippen LogP contribution in [0, 0.1) is 11.3 Å². The average Bonchev–Trinajstić information content (AvgIpc) is 3.34. The molecule has 0 fully saturated rings. The van der Waals surface area contributed by atoms with Crippen LogP contribution < -0.4 is 10.5 Å². The molecular weight excluding hydrogens is 538 g/mol. The van der Waals surface area contributed by atoms with Crippen molar-refractivity contribution in [2.24, 2.45) is 0 Å². The molecule has 2 heterocycles. The molecule has 6 nitrogen and oxygen atoms in total. The lowest BCUT2D eigenvalue weighted by Gasteiger charge is -2.11. The lowest BCUT2D eigenvalue weighted by Crippen LogP contribution is -2.00. The lowest BCUT2D eigenvalue weighted by molar-refractivity contribution is 0.415. The molecule has 176 valence electrons. The summed E-state index contributed by atoms with van der Waals surface area (Å²) in [4.78, 5) is 4.51. The van der Waals surface area contributed by atoms with Gasteiger partial charge in [-0.2, -0.15) is 10.4 Å². The molecule has 0 amide bonds. The van der Waals surface area contributed by atoms with Crippen LogP contribution >= 0.6 is 27.5 Å². The maximum Gasteiger partial charge on any atom is 0.142 e. The van der Waals surface area contributed by atoms with Crippen molar-refractivity contribution in [3.8, 4) is 51.1 Å². The quantitative estimate of drug-likeness (QED) is 0.248. The van der Waals surface area contributed by atoms with Crippen LogP contribution in [0.15, 0.2) is 89.5 Å². The first kappa shape index (κ1) is 23.6. The third-order valence-corrected chi connectivity index (χ3v) is 6.50. The third-order valence-electron chi connectivity index (χ3n) is 5.74. The Morgan fingerprint density at radius 1 is 0.972 bits per heavy atom. The van der Waals surface area contributed by atoms with Gasteiger partial charge in [-0.15, -0.1) is 0 Å². The van der Waals surface area contributed by atoms with Gasteiger partial charge in [0.15, 0.2) is 0 Å². The number of nitrogen functional groups attached to an aromatic ring is 1. The summed E-state index contributed by atoms with van der Waals surface area (Å²) in [7, 11) is 1.62. The lowest BCUT2D eigenvalue weighted by atomic mass is 9.96. The van der Waals surface area contributed by atoms with E-state index in [-0.39, 0.29) is 11.4 Å². The Balaban J connectivity index is 1.76. The number of halogens is 2. The van der Waals surface area contributed by atoms with Crippen LogP contribution in [0.4, 0.5) is 5.82 Å². The smallest absolute Gasteiger partial charge is 0.142 e. The van der Waals surface area contributed by atoms with Gasteiger partial charge in [0.05, 0.1) is 18.5 Å². The van der Waals surface area contributed by atoms with Crippen LogP contribution in [0.1, 0.15) is 5.56 Å². The molecule has 0 aliphatic heterocycles. The molecule has 0 saturated heterocycles. The number of benzene rings is 3. The van der Waals surface area contributed by atoms with Crippen molar-refractivity contribution in [3.05, 3.63) is 100 Å². The second kappa shape index (κ2) is 9.86. The largest absolute Gasteiger partial charge is 0.497 e. The second-order valence-electron chi connectivity index (χ2n) is 7.98. The molecule has 0 atom stereocenters. The minimum absolute atomic E-state index is 0.157. The molecular formula is C28H19BrClN5O. The Bertz CT molecular complexity index is 1610. The van der Waals surface area contributed by atoms with Crippen LogP contribution in [-0.4, -0.2) is 21.9 Å². The Morgan fingerprint density at radius 3 is 2.36 bits per heavy atom. The summed E-state index contributed by atoms with van der Waals surface area (Å²) < 4.78 is 8.03. The Hall–Kier alpha value is -4.12. The Morgan fingerprint density at radius 2 is 1.69 bits per heavy atom. The van der Waals surface area contributed by atoms with Gasteiger partial charge in [-0.1, -0.05) is 45.7 Å². The van der Waals surface area contributed by atoms with E-state index in [0.717, 1.165) is 32.6 Å². The molecule has 8 heteroatoms. The van der Waals surface area contributed by atoms with Gasteiger partial charge in [0.25, 0.3) is 0 Å². The zero-order valence-corrected chi connectivity index (χ0v) is 21.5. The highest BCUT2D eigenvalue weighted by Crippen LogP contribution is 2.38. The molecule has 36 heavy (non-hydrogen) atoms. The van der Waals surface area contributed by atoms with Crippen molar-refractivity contribution in [2.45, 2.75) is 0 Å². The van der Waals surface area contributed by atoms with Gasteiger partial charge < -0.3 is 10.5 Å². The highest BCUT2D eigenvalue weighted by molar-refractivity contribution is 9.10. The zero-order chi connectivity index (χ0) is 25.2. The van der Waals surface area contributed by atoms with E-state index < -0.39 is 0 Å². The average molecular weight is 557 g/mol. The first-order chi connectivity index (χ1) is 17.5. The van der Waals surface area contributed by atoms with Crippen molar-refractivity contribution < 1.29 is 4.74 Å². The number of hydrogen-bond acceptors (Lipinski definition) is 5. The molecule has 5 aromatic rings. The van der Waals surface area contributed by atoms with Gasteiger partial charge in [0.2, 0.25) is 0 Å². The molecule has 0 bridgehead atoms. The molecule has 2 N–H and O–H groups in total. The zero-order valence-electron chi connectivity index (χ0n) is 19.1. The van der Waals surface area contributed by atoms with Crippen LogP contribution in [0.5, 0.6) is 5.75 Å². The van der Waals surface area contributed by atoms with E-state index in [0.29, 0.717) is 22.0 Å². The normalized spacial score (nSPS) is 10.7. The Kier molecular flexibility index (Phi) is 6.47. The first-order valence-corrected chi connectivity index (χ1v) is 12.1. The highest BCUT2D eigenvalue weighted by Gasteiger charge is 2.21. The summed E-state index contributed by atoms with van der Waals surface area (Å²) >= 11 is 9.72. The maximum atomic E-state index is 10.0. The molecule has 0 aliphatic carbocycles. The number of methoxy groups -OCH3 is 1. The summed E-state index contributed by atoms with van der Waals surface area (Å²) in [6, 6.07) is 26.9. The van der Waals surface area contributed by atoms with Crippen LogP contribution in [0.2, 0.25) is 5.02 Å². The topological polar surface area (TPSA) is 89.8 Å². The van der Waals surface area contributed by atoms with Gasteiger partial charge in [-0.05, 0) is 60.7 Å². The Labute approximate surface area is 221 Å². The second-order valence-corrected chi connectivity index (χ2v) is 9.33. The van der Waals surface area contributed by atoms with E-state index in [1.807, 2.05) is 85.1 Å². The summed E-state index contributed by atoms with van der Waals surface area (Å²) in [5.41, 5.74) is 11.8. The van der Waals surface area contributed by atoms with E-state index in [2.05, 4.69) is 27.0 Å².